The molecule has 2 nitrogen and oxygen atoms in total. The standard InChI is InChI=1S/C11H26N2S/c1-4-8-14-9-11(13-12)7-5-6-10(2)3/h10-11,13H,4-9,12H2,1-3H3. The first-order chi connectivity index (χ1) is 6.70. The lowest BCUT2D eigenvalue weighted by molar-refractivity contribution is 0.469. The van der Waals surface area contributed by atoms with Gasteiger partial charge in [-0.1, -0.05) is 33.6 Å². The SMILES string of the molecule is CCCSCC(CCCC(C)C)NN. The van der Waals surface area contributed by atoms with Crippen LogP contribution < -0.4 is 11.3 Å². The second-order valence-electron chi connectivity index (χ2n) is 4.26. The highest BCUT2D eigenvalue weighted by molar-refractivity contribution is 7.99. The van der Waals surface area contributed by atoms with Gasteiger partial charge in [0.1, 0.15) is 0 Å². The number of hydrogen-bond acceptors (Lipinski definition) is 3. The van der Waals surface area contributed by atoms with Crippen molar-refractivity contribution in [1.29, 1.82) is 0 Å². The monoisotopic (exact) mass is 218 g/mol. The minimum absolute atomic E-state index is 0.505. The first-order valence-electron chi connectivity index (χ1n) is 5.74. The lowest BCUT2D eigenvalue weighted by atomic mass is 10.0. The Morgan fingerprint density at radius 1 is 1.29 bits per heavy atom. The molecule has 1 unspecified atom stereocenters. The van der Waals surface area contributed by atoms with Crippen LogP contribution in [0.5, 0.6) is 0 Å². The van der Waals surface area contributed by atoms with E-state index < -0.39 is 0 Å². The van der Waals surface area contributed by atoms with Crippen molar-refractivity contribution >= 4 is 11.8 Å². The fourth-order valence-corrected chi connectivity index (χ4v) is 2.36. The Balaban J connectivity index is 3.38. The molecule has 0 rings (SSSR count). The van der Waals surface area contributed by atoms with E-state index in [0.29, 0.717) is 6.04 Å². The summed E-state index contributed by atoms with van der Waals surface area (Å²) in [6, 6.07) is 0.505. The van der Waals surface area contributed by atoms with Crippen LogP contribution in [0, 0.1) is 5.92 Å². The number of hydrazine groups is 1. The first-order valence-corrected chi connectivity index (χ1v) is 6.90. The predicted molar refractivity (Wildman–Crippen MR) is 67.4 cm³/mol. The zero-order valence-corrected chi connectivity index (χ0v) is 10.7. The van der Waals surface area contributed by atoms with Crippen molar-refractivity contribution in [2.75, 3.05) is 11.5 Å². The van der Waals surface area contributed by atoms with Gasteiger partial charge in [-0.15, -0.1) is 0 Å². The van der Waals surface area contributed by atoms with Crippen molar-refractivity contribution in [3.63, 3.8) is 0 Å². The van der Waals surface area contributed by atoms with Crippen molar-refractivity contribution in [2.24, 2.45) is 11.8 Å². The molecule has 0 fully saturated rings. The molecule has 1 atom stereocenters. The molecule has 14 heavy (non-hydrogen) atoms. The molecule has 0 aliphatic heterocycles. The third kappa shape index (κ3) is 8.85. The van der Waals surface area contributed by atoms with Crippen LogP contribution in [0.25, 0.3) is 0 Å². The Morgan fingerprint density at radius 2 is 2.00 bits per heavy atom. The van der Waals surface area contributed by atoms with Crippen molar-refractivity contribution < 1.29 is 0 Å². The fourth-order valence-electron chi connectivity index (χ4n) is 1.36. The van der Waals surface area contributed by atoms with E-state index in [0.717, 1.165) is 11.7 Å². The van der Waals surface area contributed by atoms with Crippen LogP contribution in [0.15, 0.2) is 0 Å². The van der Waals surface area contributed by atoms with Gasteiger partial charge in [0.2, 0.25) is 0 Å². The molecule has 3 heteroatoms. The number of rotatable bonds is 9. The van der Waals surface area contributed by atoms with Gasteiger partial charge in [-0.2, -0.15) is 11.8 Å². The van der Waals surface area contributed by atoms with Gasteiger partial charge in [0.15, 0.2) is 0 Å². The molecular formula is C11H26N2S. The molecule has 86 valence electrons. The molecule has 0 aliphatic rings. The Morgan fingerprint density at radius 3 is 2.50 bits per heavy atom. The summed E-state index contributed by atoms with van der Waals surface area (Å²) in [6.07, 6.45) is 5.08. The maximum Gasteiger partial charge on any atom is 0.0301 e. The molecule has 0 saturated heterocycles. The smallest absolute Gasteiger partial charge is 0.0301 e. The quantitative estimate of drug-likeness (QED) is 0.355. The van der Waals surface area contributed by atoms with E-state index in [-0.39, 0.29) is 0 Å². The van der Waals surface area contributed by atoms with Crippen molar-refractivity contribution in [3.8, 4) is 0 Å². The molecule has 0 heterocycles. The highest BCUT2D eigenvalue weighted by Crippen LogP contribution is 2.12. The number of thioether (sulfide) groups is 1. The topological polar surface area (TPSA) is 38.0 Å². The fraction of sp³-hybridized carbons (Fsp3) is 1.00. The van der Waals surface area contributed by atoms with Crippen LogP contribution in [-0.2, 0) is 0 Å². The Labute approximate surface area is 93.4 Å². The molecule has 0 aromatic rings. The maximum absolute atomic E-state index is 5.51. The summed E-state index contributed by atoms with van der Waals surface area (Å²) >= 11 is 2.00. The summed E-state index contributed by atoms with van der Waals surface area (Å²) in [5.74, 6) is 8.73. The van der Waals surface area contributed by atoms with Gasteiger partial charge in [-0.3, -0.25) is 11.3 Å². The Bertz CT molecular complexity index is 118. The molecular weight excluding hydrogens is 192 g/mol. The van der Waals surface area contributed by atoms with Crippen LogP contribution in [0.2, 0.25) is 0 Å². The third-order valence-electron chi connectivity index (χ3n) is 2.24. The van der Waals surface area contributed by atoms with Crippen molar-refractivity contribution in [2.45, 2.75) is 52.5 Å². The predicted octanol–water partition coefficient (Wildman–Crippen LogP) is 2.79. The average Bonchev–Trinajstić information content (AvgIpc) is 2.15. The molecule has 0 aliphatic carbocycles. The first kappa shape index (κ1) is 14.3. The van der Waals surface area contributed by atoms with E-state index in [9.17, 15) is 0 Å². The molecule has 0 aromatic heterocycles. The third-order valence-corrected chi connectivity index (χ3v) is 3.57. The molecule has 0 spiro atoms. The minimum atomic E-state index is 0.505. The van der Waals surface area contributed by atoms with Crippen LogP contribution >= 0.6 is 11.8 Å². The summed E-state index contributed by atoms with van der Waals surface area (Å²) < 4.78 is 0. The van der Waals surface area contributed by atoms with Crippen LogP contribution in [0.1, 0.15) is 46.5 Å². The second kappa shape index (κ2) is 9.81. The van der Waals surface area contributed by atoms with Gasteiger partial charge < -0.3 is 0 Å². The van der Waals surface area contributed by atoms with Crippen LogP contribution in [0.4, 0.5) is 0 Å². The van der Waals surface area contributed by atoms with Gasteiger partial charge >= 0.3 is 0 Å². The summed E-state index contributed by atoms with van der Waals surface area (Å²) in [6.45, 7) is 6.77. The molecule has 0 radical (unpaired) electrons. The van der Waals surface area contributed by atoms with E-state index in [1.54, 1.807) is 0 Å². The van der Waals surface area contributed by atoms with E-state index in [2.05, 4.69) is 26.2 Å². The molecule has 0 aromatic carbocycles. The minimum Gasteiger partial charge on any atom is -0.271 e. The largest absolute Gasteiger partial charge is 0.271 e. The average molecular weight is 218 g/mol. The molecule has 0 bridgehead atoms. The molecule has 0 saturated carbocycles. The number of nitrogens with two attached hydrogens (primary N) is 1. The zero-order chi connectivity index (χ0) is 10.8. The van der Waals surface area contributed by atoms with E-state index in [1.165, 1.54) is 31.4 Å². The number of nitrogens with one attached hydrogen (secondary N) is 1. The summed E-state index contributed by atoms with van der Waals surface area (Å²) in [7, 11) is 0. The highest BCUT2D eigenvalue weighted by atomic mass is 32.2. The lowest BCUT2D eigenvalue weighted by Gasteiger charge is -2.15. The van der Waals surface area contributed by atoms with E-state index in [1.807, 2.05) is 11.8 Å². The zero-order valence-electron chi connectivity index (χ0n) is 9.88. The van der Waals surface area contributed by atoms with Crippen LogP contribution in [0.3, 0.4) is 0 Å². The van der Waals surface area contributed by atoms with Gasteiger partial charge in [-0.25, -0.2) is 0 Å². The number of hydrogen-bond donors (Lipinski definition) is 2. The van der Waals surface area contributed by atoms with Crippen molar-refractivity contribution in [3.05, 3.63) is 0 Å². The molecule has 0 amide bonds. The normalized spacial score (nSPS) is 13.5. The second-order valence-corrected chi connectivity index (χ2v) is 5.41. The summed E-state index contributed by atoms with van der Waals surface area (Å²) in [5, 5.41) is 0. The Hall–Kier alpha value is 0.270. The van der Waals surface area contributed by atoms with Crippen LogP contribution in [-0.4, -0.2) is 17.5 Å². The van der Waals surface area contributed by atoms with E-state index >= 15 is 0 Å². The van der Waals surface area contributed by atoms with Gasteiger partial charge in [0, 0.05) is 11.8 Å². The van der Waals surface area contributed by atoms with Gasteiger partial charge in [0.05, 0.1) is 0 Å². The van der Waals surface area contributed by atoms with Crippen molar-refractivity contribution in [1.82, 2.24) is 5.43 Å². The molecule has 3 N–H and O–H groups in total. The van der Waals surface area contributed by atoms with E-state index in [4.69, 9.17) is 5.84 Å². The Kier molecular flexibility index (Phi) is 10.0. The summed E-state index contributed by atoms with van der Waals surface area (Å²) in [4.78, 5) is 0. The highest BCUT2D eigenvalue weighted by Gasteiger charge is 2.06. The summed E-state index contributed by atoms with van der Waals surface area (Å²) in [5.41, 5.74) is 2.91. The van der Waals surface area contributed by atoms with Gasteiger partial charge in [-0.05, 0) is 24.5 Å². The maximum atomic E-state index is 5.51. The lowest BCUT2D eigenvalue weighted by Crippen LogP contribution is -2.37. The van der Waals surface area contributed by atoms with Gasteiger partial charge in [0.25, 0.3) is 0 Å².